The standard InChI is InChI=1S/C11H21N/c1-11(2,3)10-8-5-6-9(7-8)12(10)4/h8-10H,5-7H2,1-4H3. The van der Waals surface area contributed by atoms with Crippen LogP contribution in [0.2, 0.25) is 0 Å². The lowest BCUT2D eigenvalue weighted by Gasteiger charge is -2.41. The number of likely N-dealkylation sites (tertiary alicyclic amines) is 1. The third-order valence-electron chi connectivity index (χ3n) is 3.79. The van der Waals surface area contributed by atoms with Crippen molar-refractivity contribution in [2.45, 2.75) is 52.1 Å². The lowest BCUT2D eigenvalue weighted by Crippen LogP contribution is -2.45. The van der Waals surface area contributed by atoms with Crippen molar-refractivity contribution in [2.24, 2.45) is 11.3 Å². The van der Waals surface area contributed by atoms with Gasteiger partial charge in [-0.1, -0.05) is 20.8 Å². The molecule has 70 valence electrons. The van der Waals surface area contributed by atoms with Gasteiger partial charge in [0.15, 0.2) is 0 Å². The summed E-state index contributed by atoms with van der Waals surface area (Å²) in [7, 11) is 2.32. The molecule has 1 heterocycles. The number of fused-ring (bicyclic) bond motifs is 2. The van der Waals surface area contributed by atoms with E-state index in [1.54, 1.807) is 0 Å². The first-order valence-corrected chi connectivity index (χ1v) is 5.22. The van der Waals surface area contributed by atoms with E-state index in [1.165, 1.54) is 19.3 Å². The highest BCUT2D eigenvalue weighted by Gasteiger charge is 2.48. The smallest absolute Gasteiger partial charge is 0.0172 e. The van der Waals surface area contributed by atoms with Crippen LogP contribution in [0.15, 0.2) is 0 Å². The van der Waals surface area contributed by atoms with E-state index in [-0.39, 0.29) is 0 Å². The highest BCUT2D eigenvalue weighted by molar-refractivity contribution is 5.02. The summed E-state index contributed by atoms with van der Waals surface area (Å²) in [6.07, 6.45) is 4.41. The van der Waals surface area contributed by atoms with Gasteiger partial charge in [0.05, 0.1) is 0 Å². The summed E-state index contributed by atoms with van der Waals surface area (Å²) < 4.78 is 0. The second kappa shape index (κ2) is 2.47. The molecular formula is C11H21N. The summed E-state index contributed by atoms with van der Waals surface area (Å²) >= 11 is 0. The molecule has 1 saturated heterocycles. The minimum atomic E-state index is 0.481. The second-order valence-corrected chi connectivity index (χ2v) is 5.70. The van der Waals surface area contributed by atoms with E-state index in [9.17, 15) is 0 Å². The van der Waals surface area contributed by atoms with E-state index in [0.717, 1.165) is 18.0 Å². The zero-order chi connectivity index (χ0) is 8.93. The average molecular weight is 167 g/mol. The quantitative estimate of drug-likeness (QED) is 0.536. The molecule has 3 atom stereocenters. The summed E-state index contributed by atoms with van der Waals surface area (Å²) in [5.74, 6) is 1.000. The Kier molecular flexibility index (Phi) is 1.76. The van der Waals surface area contributed by atoms with Gasteiger partial charge in [0.25, 0.3) is 0 Å². The number of piperidine rings is 1. The highest BCUT2D eigenvalue weighted by atomic mass is 15.2. The Bertz CT molecular complexity index is 178. The van der Waals surface area contributed by atoms with Gasteiger partial charge < -0.3 is 0 Å². The fraction of sp³-hybridized carbons (Fsp3) is 1.00. The molecule has 0 aromatic heterocycles. The summed E-state index contributed by atoms with van der Waals surface area (Å²) in [5.41, 5.74) is 0.481. The van der Waals surface area contributed by atoms with Crippen molar-refractivity contribution >= 4 is 0 Å². The molecule has 1 aliphatic heterocycles. The van der Waals surface area contributed by atoms with Gasteiger partial charge in [-0.05, 0) is 37.6 Å². The van der Waals surface area contributed by atoms with Crippen LogP contribution in [0.1, 0.15) is 40.0 Å². The molecule has 2 fully saturated rings. The summed E-state index contributed by atoms with van der Waals surface area (Å²) in [5, 5.41) is 0. The van der Waals surface area contributed by atoms with E-state index < -0.39 is 0 Å². The lowest BCUT2D eigenvalue weighted by molar-refractivity contribution is 0.0815. The number of rotatable bonds is 0. The molecule has 0 aromatic rings. The maximum atomic E-state index is 2.63. The van der Waals surface area contributed by atoms with E-state index in [0.29, 0.717) is 5.41 Å². The number of hydrogen-bond donors (Lipinski definition) is 0. The van der Waals surface area contributed by atoms with Gasteiger partial charge >= 0.3 is 0 Å². The maximum Gasteiger partial charge on any atom is 0.0172 e. The van der Waals surface area contributed by atoms with Crippen LogP contribution in [0.5, 0.6) is 0 Å². The first-order chi connectivity index (χ1) is 5.50. The molecule has 3 unspecified atom stereocenters. The van der Waals surface area contributed by atoms with Crippen LogP contribution in [-0.4, -0.2) is 24.0 Å². The molecule has 0 radical (unpaired) electrons. The minimum absolute atomic E-state index is 0.481. The normalized spacial score (nSPS) is 42.5. The first-order valence-electron chi connectivity index (χ1n) is 5.22. The van der Waals surface area contributed by atoms with Crippen LogP contribution in [0.3, 0.4) is 0 Å². The van der Waals surface area contributed by atoms with Crippen LogP contribution >= 0.6 is 0 Å². The van der Waals surface area contributed by atoms with Crippen LogP contribution in [0.25, 0.3) is 0 Å². The zero-order valence-corrected chi connectivity index (χ0v) is 8.80. The van der Waals surface area contributed by atoms with Gasteiger partial charge in [-0.15, -0.1) is 0 Å². The molecule has 0 N–H and O–H groups in total. The second-order valence-electron chi connectivity index (χ2n) is 5.70. The Morgan fingerprint density at radius 3 is 2.17 bits per heavy atom. The third kappa shape index (κ3) is 1.10. The molecule has 1 nitrogen and oxygen atoms in total. The summed E-state index contributed by atoms with van der Waals surface area (Å²) in [6.45, 7) is 7.15. The Balaban J connectivity index is 2.17. The molecular weight excluding hydrogens is 146 g/mol. The van der Waals surface area contributed by atoms with Crippen LogP contribution < -0.4 is 0 Å². The summed E-state index contributed by atoms with van der Waals surface area (Å²) in [4.78, 5) is 2.63. The van der Waals surface area contributed by atoms with Crippen molar-refractivity contribution < 1.29 is 0 Å². The van der Waals surface area contributed by atoms with Gasteiger partial charge in [-0.3, -0.25) is 4.90 Å². The van der Waals surface area contributed by atoms with E-state index in [2.05, 4.69) is 32.7 Å². The Morgan fingerprint density at radius 2 is 1.83 bits per heavy atom. The van der Waals surface area contributed by atoms with Gasteiger partial charge in [-0.2, -0.15) is 0 Å². The molecule has 0 aromatic carbocycles. The Hall–Kier alpha value is -0.0400. The molecule has 1 saturated carbocycles. The lowest BCUT2D eigenvalue weighted by atomic mass is 9.78. The monoisotopic (exact) mass is 167 g/mol. The molecule has 12 heavy (non-hydrogen) atoms. The van der Waals surface area contributed by atoms with Crippen molar-refractivity contribution in [3.05, 3.63) is 0 Å². The molecule has 0 amide bonds. The molecule has 2 bridgehead atoms. The Morgan fingerprint density at radius 1 is 1.17 bits per heavy atom. The van der Waals surface area contributed by atoms with Crippen LogP contribution in [-0.2, 0) is 0 Å². The van der Waals surface area contributed by atoms with Crippen LogP contribution in [0, 0.1) is 11.3 Å². The van der Waals surface area contributed by atoms with E-state index in [4.69, 9.17) is 0 Å². The van der Waals surface area contributed by atoms with Gasteiger partial charge in [0, 0.05) is 12.1 Å². The molecule has 1 heteroatoms. The number of nitrogens with zero attached hydrogens (tertiary/aromatic N) is 1. The predicted molar refractivity (Wildman–Crippen MR) is 52.1 cm³/mol. The van der Waals surface area contributed by atoms with E-state index in [1.807, 2.05) is 0 Å². The predicted octanol–water partition coefficient (Wildman–Crippen LogP) is 2.52. The van der Waals surface area contributed by atoms with Crippen molar-refractivity contribution in [1.29, 1.82) is 0 Å². The topological polar surface area (TPSA) is 3.24 Å². The minimum Gasteiger partial charge on any atom is -0.300 e. The number of hydrogen-bond acceptors (Lipinski definition) is 1. The molecule has 2 aliphatic rings. The maximum absolute atomic E-state index is 2.63. The van der Waals surface area contributed by atoms with Crippen molar-refractivity contribution in [2.75, 3.05) is 7.05 Å². The third-order valence-corrected chi connectivity index (χ3v) is 3.79. The zero-order valence-electron chi connectivity index (χ0n) is 8.80. The Labute approximate surface area is 76.1 Å². The summed E-state index contributed by atoms with van der Waals surface area (Å²) in [6, 6.07) is 1.76. The molecule has 2 rings (SSSR count). The molecule has 1 aliphatic carbocycles. The van der Waals surface area contributed by atoms with Crippen molar-refractivity contribution in [3.63, 3.8) is 0 Å². The molecule has 0 spiro atoms. The van der Waals surface area contributed by atoms with Crippen LogP contribution in [0.4, 0.5) is 0 Å². The van der Waals surface area contributed by atoms with Gasteiger partial charge in [0.2, 0.25) is 0 Å². The van der Waals surface area contributed by atoms with Gasteiger partial charge in [-0.25, -0.2) is 0 Å². The van der Waals surface area contributed by atoms with Crippen molar-refractivity contribution in [3.8, 4) is 0 Å². The highest BCUT2D eigenvalue weighted by Crippen LogP contribution is 2.47. The SMILES string of the molecule is CN1C2CCC(C2)C1C(C)(C)C. The fourth-order valence-corrected chi connectivity index (χ4v) is 3.53. The average Bonchev–Trinajstić information content (AvgIpc) is 2.42. The fourth-order valence-electron chi connectivity index (χ4n) is 3.53. The van der Waals surface area contributed by atoms with Gasteiger partial charge in [0.1, 0.15) is 0 Å². The van der Waals surface area contributed by atoms with Crippen molar-refractivity contribution in [1.82, 2.24) is 4.90 Å². The largest absolute Gasteiger partial charge is 0.300 e. The van der Waals surface area contributed by atoms with E-state index >= 15 is 0 Å². The first kappa shape index (κ1) is 8.55.